The van der Waals surface area contributed by atoms with Crippen molar-refractivity contribution in [2.45, 2.75) is 39.7 Å². The van der Waals surface area contributed by atoms with E-state index in [0.29, 0.717) is 60.4 Å². The van der Waals surface area contributed by atoms with Gasteiger partial charge in [0.05, 0.1) is 5.69 Å². The van der Waals surface area contributed by atoms with Crippen LogP contribution in [0.1, 0.15) is 35.7 Å². The maximum absolute atomic E-state index is 12.6. The Morgan fingerprint density at radius 1 is 1.40 bits per heavy atom. The fraction of sp³-hybridized carbons (Fsp3) is 0.400. The number of hydrogen-bond acceptors (Lipinski definition) is 7. The lowest BCUT2D eigenvalue weighted by molar-refractivity contribution is 0.598. The minimum Gasteiger partial charge on any atom is -0.382 e. The van der Waals surface area contributed by atoms with Crippen molar-refractivity contribution in [2.75, 3.05) is 23.3 Å². The summed E-state index contributed by atoms with van der Waals surface area (Å²) >= 11 is 0.527. The Bertz CT molecular complexity index is 1180. The molecule has 3 aromatic rings. The first kappa shape index (κ1) is 21.4. The Morgan fingerprint density at radius 3 is 2.90 bits per heavy atom. The molecule has 3 heterocycles. The number of fused-ring (bicyclic) bond motifs is 1. The van der Waals surface area contributed by atoms with Crippen LogP contribution in [0.15, 0.2) is 23.1 Å². The number of anilines is 2. The quantitative estimate of drug-likeness (QED) is 0.393. The van der Waals surface area contributed by atoms with E-state index in [4.69, 9.17) is 5.73 Å². The van der Waals surface area contributed by atoms with Crippen LogP contribution in [0, 0.1) is 18.3 Å². The highest BCUT2D eigenvalue weighted by Crippen LogP contribution is 2.24. The number of nitrogens with zero attached hydrogens (tertiary/aromatic N) is 5. The van der Waals surface area contributed by atoms with Crippen molar-refractivity contribution in [3.05, 3.63) is 51.1 Å². The van der Waals surface area contributed by atoms with Gasteiger partial charge in [0.25, 0.3) is 5.56 Å². The fourth-order valence-electron chi connectivity index (χ4n) is 3.43. The van der Waals surface area contributed by atoms with E-state index in [9.17, 15) is 14.3 Å². The van der Waals surface area contributed by atoms with Crippen molar-refractivity contribution in [3.63, 3.8) is 0 Å². The summed E-state index contributed by atoms with van der Waals surface area (Å²) in [5.74, 6) is 1.10. The SMILES string of the molecule is CCc1c(C)nn2c(N)c(C#N)c(NCCc3cccn(CCC[S+]=O)c3=O)nc12. The van der Waals surface area contributed by atoms with Crippen molar-refractivity contribution < 1.29 is 4.21 Å². The van der Waals surface area contributed by atoms with Gasteiger partial charge in [-0.05, 0) is 25.8 Å². The molecule has 0 radical (unpaired) electrons. The molecule has 156 valence electrons. The van der Waals surface area contributed by atoms with Crippen LogP contribution in [0.3, 0.4) is 0 Å². The number of aryl methyl sites for hydroxylation is 3. The maximum atomic E-state index is 12.6. The molecule has 0 bridgehead atoms. The Kier molecular flexibility index (Phi) is 6.74. The molecule has 3 rings (SSSR count). The molecule has 0 aromatic carbocycles. The molecular weight excluding hydrogens is 402 g/mol. The van der Waals surface area contributed by atoms with Crippen LogP contribution in [0.25, 0.3) is 5.65 Å². The minimum absolute atomic E-state index is 0.0710. The van der Waals surface area contributed by atoms with Crippen LogP contribution in [-0.4, -0.2) is 31.5 Å². The average molecular weight is 427 g/mol. The number of rotatable bonds is 9. The van der Waals surface area contributed by atoms with Crippen LogP contribution in [0.4, 0.5) is 11.6 Å². The topological polar surface area (TPSA) is 131 Å². The van der Waals surface area contributed by atoms with Crippen LogP contribution in [-0.2, 0) is 35.3 Å². The number of nitrogen functional groups attached to an aromatic ring is 1. The first-order chi connectivity index (χ1) is 14.5. The standard InChI is InChI=1S/C20H24N7O2S/c1-3-15-13(2)25-27-17(22)16(12-21)18(24-19(15)27)23-8-7-14-6-4-9-26(20(14)28)10-5-11-30-29/h4,6,9H,3,5,7-8,10-11,22H2,1-2H3,(H,23,24)/q+1. The molecule has 0 amide bonds. The van der Waals surface area contributed by atoms with E-state index in [0.717, 1.165) is 17.7 Å². The number of pyridine rings is 1. The van der Waals surface area contributed by atoms with Gasteiger partial charge in [-0.25, -0.2) is 4.98 Å². The summed E-state index contributed by atoms with van der Waals surface area (Å²) in [6.45, 7) is 4.84. The third-order valence-electron chi connectivity index (χ3n) is 4.97. The van der Waals surface area contributed by atoms with Crippen molar-refractivity contribution in [1.82, 2.24) is 19.2 Å². The van der Waals surface area contributed by atoms with Gasteiger partial charge in [0, 0.05) is 41.0 Å². The molecule has 3 N–H and O–H groups in total. The first-order valence-corrected chi connectivity index (χ1v) is 10.7. The van der Waals surface area contributed by atoms with Gasteiger partial charge in [0.1, 0.15) is 23.3 Å². The van der Waals surface area contributed by atoms with Crippen molar-refractivity contribution in [3.8, 4) is 6.07 Å². The molecule has 0 spiro atoms. The second-order valence-electron chi connectivity index (χ2n) is 6.87. The van der Waals surface area contributed by atoms with Crippen molar-refractivity contribution in [2.24, 2.45) is 0 Å². The highest BCUT2D eigenvalue weighted by molar-refractivity contribution is 7.65. The summed E-state index contributed by atoms with van der Waals surface area (Å²) in [5, 5.41) is 17.1. The lowest BCUT2D eigenvalue weighted by atomic mass is 10.2. The Labute approximate surface area is 178 Å². The van der Waals surface area contributed by atoms with Crippen molar-refractivity contribution >= 4 is 28.9 Å². The third-order valence-corrected chi connectivity index (χ3v) is 5.43. The van der Waals surface area contributed by atoms with Crippen LogP contribution >= 0.6 is 0 Å². The molecule has 30 heavy (non-hydrogen) atoms. The van der Waals surface area contributed by atoms with Crippen LogP contribution < -0.4 is 16.6 Å². The Balaban J connectivity index is 1.81. The zero-order valence-electron chi connectivity index (χ0n) is 17.0. The molecule has 0 atom stereocenters. The maximum Gasteiger partial charge on any atom is 0.458 e. The van der Waals surface area contributed by atoms with E-state index >= 15 is 0 Å². The van der Waals surface area contributed by atoms with Gasteiger partial charge < -0.3 is 15.6 Å². The molecular formula is C20H24N7O2S+. The second kappa shape index (κ2) is 9.45. The van der Waals surface area contributed by atoms with Gasteiger partial charge in [0.2, 0.25) is 5.75 Å². The number of aromatic nitrogens is 4. The molecule has 0 saturated carbocycles. The molecule has 3 aromatic heterocycles. The molecule has 0 unspecified atom stereocenters. The number of nitriles is 1. The molecule has 0 fully saturated rings. The lowest BCUT2D eigenvalue weighted by Gasteiger charge is -2.11. The lowest BCUT2D eigenvalue weighted by Crippen LogP contribution is -2.25. The molecule has 9 nitrogen and oxygen atoms in total. The molecule has 10 heteroatoms. The van der Waals surface area contributed by atoms with E-state index in [1.807, 2.05) is 19.9 Å². The molecule has 0 aliphatic carbocycles. The zero-order chi connectivity index (χ0) is 21.7. The van der Waals surface area contributed by atoms with Gasteiger partial charge >= 0.3 is 11.7 Å². The Morgan fingerprint density at radius 2 is 2.20 bits per heavy atom. The molecule has 0 aliphatic rings. The molecule has 0 saturated heterocycles. The fourth-order valence-corrected chi connectivity index (χ4v) is 3.68. The normalized spacial score (nSPS) is 10.8. The number of hydrogen-bond donors (Lipinski definition) is 2. The van der Waals surface area contributed by atoms with Gasteiger partial charge in [-0.1, -0.05) is 13.0 Å². The van der Waals surface area contributed by atoms with E-state index < -0.39 is 0 Å². The van der Waals surface area contributed by atoms with E-state index in [1.165, 1.54) is 4.52 Å². The predicted molar refractivity (Wildman–Crippen MR) is 117 cm³/mol. The van der Waals surface area contributed by atoms with E-state index in [1.54, 1.807) is 16.8 Å². The summed E-state index contributed by atoms with van der Waals surface area (Å²) < 4.78 is 13.7. The van der Waals surface area contributed by atoms with Crippen LogP contribution in [0.2, 0.25) is 0 Å². The minimum atomic E-state index is -0.0710. The van der Waals surface area contributed by atoms with Crippen molar-refractivity contribution in [1.29, 1.82) is 5.26 Å². The Hall–Kier alpha value is -3.32. The molecule has 0 aliphatic heterocycles. The van der Waals surface area contributed by atoms with Crippen LogP contribution in [0.5, 0.6) is 0 Å². The highest BCUT2D eigenvalue weighted by Gasteiger charge is 2.18. The van der Waals surface area contributed by atoms with E-state index in [2.05, 4.69) is 21.5 Å². The summed E-state index contributed by atoms with van der Waals surface area (Å²) in [6, 6.07) is 5.71. The number of nitrogens with one attached hydrogen (secondary N) is 1. The predicted octanol–water partition coefficient (Wildman–Crippen LogP) is 1.69. The van der Waals surface area contributed by atoms with E-state index in [-0.39, 0.29) is 16.9 Å². The summed E-state index contributed by atoms with van der Waals surface area (Å²) in [6.07, 6.45) is 3.59. The van der Waals surface area contributed by atoms with Gasteiger partial charge in [-0.2, -0.15) is 14.9 Å². The third kappa shape index (κ3) is 4.16. The summed E-state index contributed by atoms with van der Waals surface area (Å²) in [4.78, 5) is 17.2. The van der Waals surface area contributed by atoms with Gasteiger partial charge in [-0.15, -0.1) is 0 Å². The first-order valence-electron chi connectivity index (χ1n) is 9.76. The zero-order valence-corrected chi connectivity index (χ0v) is 17.8. The smallest absolute Gasteiger partial charge is 0.382 e. The highest BCUT2D eigenvalue weighted by atomic mass is 32.1. The summed E-state index contributed by atoms with van der Waals surface area (Å²) in [7, 11) is 0. The monoisotopic (exact) mass is 426 g/mol. The van der Waals surface area contributed by atoms with Gasteiger partial charge in [0.15, 0.2) is 5.65 Å². The summed E-state index contributed by atoms with van der Waals surface area (Å²) in [5.41, 5.74) is 9.43. The number of nitrogens with two attached hydrogens (primary N) is 1. The average Bonchev–Trinajstić information content (AvgIpc) is 3.06. The second-order valence-corrected chi connectivity index (χ2v) is 7.51. The van der Waals surface area contributed by atoms with Gasteiger partial charge in [-0.3, -0.25) is 4.79 Å². The largest absolute Gasteiger partial charge is 0.458 e.